The molecule has 1 aromatic carbocycles. The van der Waals surface area contributed by atoms with E-state index in [1.807, 2.05) is 18.2 Å². The Balaban J connectivity index is 1.68. The molecule has 3 rings (SSSR count). The van der Waals surface area contributed by atoms with E-state index >= 15 is 0 Å². The molecule has 2 aliphatic rings. The molecule has 1 heterocycles. The standard InChI is InChI=1S/C14H19N3O2/c1-17(9-14(15)4-5-14)7-10-2-3-12-11(6-10)16-13(18)8-19-12/h2-3,6H,4-5,7-9,15H2,1H3,(H,16,18). The maximum Gasteiger partial charge on any atom is 0.262 e. The lowest BCUT2D eigenvalue weighted by molar-refractivity contribution is -0.118. The highest BCUT2D eigenvalue weighted by atomic mass is 16.5. The molecule has 19 heavy (non-hydrogen) atoms. The second-order valence-corrected chi connectivity index (χ2v) is 5.70. The number of fused-ring (bicyclic) bond motifs is 1. The van der Waals surface area contributed by atoms with Crippen molar-refractivity contribution in [3.05, 3.63) is 23.8 Å². The largest absolute Gasteiger partial charge is 0.482 e. The third-order valence-corrected chi connectivity index (χ3v) is 3.61. The van der Waals surface area contributed by atoms with Gasteiger partial charge in [-0.05, 0) is 37.6 Å². The van der Waals surface area contributed by atoms with Crippen LogP contribution < -0.4 is 15.8 Å². The highest BCUT2D eigenvalue weighted by Crippen LogP contribution is 2.33. The molecule has 0 spiro atoms. The molecule has 5 nitrogen and oxygen atoms in total. The summed E-state index contributed by atoms with van der Waals surface area (Å²) in [7, 11) is 2.07. The van der Waals surface area contributed by atoms with Gasteiger partial charge < -0.3 is 20.7 Å². The van der Waals surface area contributed by atoms with Crippen molar-refractivity contribution in [2.45, 2.75) is 24.9 Å². The van der Waals surface area contributed by atoms with Gasteiger partial charge in [0, 0.05) is 18.6 Å². The van der Waals surface area contributed by atoms with Gasteiger partial charge in [-0.15, -0.1) is 0 Å². The summed E-state index contributed by atoms with van der Waals surface area (Å²) < 4.78 is 5.34. The van der Waals surface area contributed by atoms with Crippen LogP contribution in [0.1, 0.15) is 18.4 Å². The average molecular weight is 261 g/mol. The van der Waals surface area contributed by atoms with Crippen LogP contribution in [0.3, 0.4) is 0 Å². The zero-order valence-electron chi connectivity index (χ0n) is 11.1. The zero-order valence-corrected chi connectivity index (χ0v) is 11.1. The van der Waals surface area contributed by atoms with Crippen LogP contribution in [0.15, 0.2) is 18.2 Å². The zero-order chi connectivity index (χ0) is 13.5. The molecule has 1 aliphatic heterocycles. The monoisotopic (exact) mass is 261 g/mol. The molecule has 5 heteroatoms. The van der Waals surface area contributed by atoms with Crippen LogP contribution in [0.25, 0.3) is 0 Å². The van der Waals surface area contributed by atoms with Crippen molar-refractivity contribution in [1.29, 1.82) is 0 Å². The Kier molecular flexibility index (Phi) is 2.95. The van der Waals surface area contributed by atoms with Crippen molar-refractivity contribution in [3.63, 3.8) is 0 Å². The van der Waals surface area contributed by atoms with Crippen LogP contribution in [0.4, 0.5) is 5.69 Å². The molecule has 0 bridgehead atoms. The fourth-order valence-corrected chi connectivity index (χ4v) is 2.45. The van der Waals surface area contributed by atoms with Crippen LogP contribution in [-0.4, -0.2) is 36.5 Å². The number of benzene rings is 1. The van der Waals surface area contributed by atoms with Gasteiger partial charge in [-0.2, -0.15) is 0 Å². The third kappa shape index (κ3) is 2.88. The Morgan fingerprint density at radius 1 is 1.47 bits per heavy atom. The minimum atomic E-state index is -0.100. The van der Waals surface area contributed by atoms with Crippen molar-refractivity contribution in [3.8, 4) is 5.75 Å². The van der Waals surface area contributed by atoms with Crippen LogP contribution in [0.5, 0.6) is 5.75 Å². The number of nitrogens with zero attached hydrogens (tertiary/aromatic N) is 1. The number of rotatable bonds is 4. The lowest BCUT2D eigenvalue weighted by Gasteiger charge is -2.22. The molecule has 1 aliphatic carbocycles. The molecule has 3 N–H and O–H groups in total. The molecule has 0 atom stereocenters. The lowest BCUT2D eigenvalue weighted by Crippen LogP contribution is -2.36. The molecule has 1 saturated carbocycles. The predicted octanol–water partition coefficient (Wildman–Crippen LogP) is 0.941. The number of likely N-dealkylation sites (N-methyl/N-ethyl adjacent to an activating group) is 1. The highest BCUT2D eigenvalue weighted by Gasteiger charge is 2.38. The van der Waals surface area contributed by atoms with Crippen molar-refractivity contribution in [1.82, 2.24) is 4.90 Å². The number of carbonyl (C=O) groups excluding carboxylic acids is 1. The maximum atomic E-state index is 11.3. The summed E-state index contributed by atoms with van der Waals surface area (Å²) in [6, 6.07) is 5.91. The van der Waals surface area contributed by atoms with Crippen molar-refractivity contribution in [2.75, 3.05) is 25.5 Å². The Morgan fingerprint density at radius 3 is 3.00 bits per heavy atom. The first-order valence-electron chi connectivity index (χ1n) is 6.57. The van der Waals surface area contributed by atoms with Gasteiger partial charge in [0.2, 0.25) is 0 Å². The number of hydrogen-bond donors (Lipinski definition) is 2. The summed E-state index contributed by atoms with van der Waals surface area (Å²) in [6.45, 7) is 1.83. The molecule has 1 aromatic rings. The van der Waals surface area contributed by atoms with Crippen LogP contribution in [-0.2, 0) is 11.3 Å². The van der Waals surface area contributed by atoms with Crippen LogP contribution >= 0.6 is 0 Å². The van der Waals surface area contributed by atoms with Gasteiger partial charge in [0.1, 0.15) is 5.75 Å². The normalized spacial score (nSPS) is 19.6. The molecule has 0 radical (unpaired) electrons. The average Bonchev–Trinajstić information content (AvgIpc) is 3.05. The topological polar surface area (TPSA) is 67.6 Å². The number of ether oxygens (including phenoxy) is 1. The van der Waals surface area contributed by atoms with E-state index in [0.717, 1.165) is 42.9 Å². The van der Waals surface area contributed by atoms with Crippen LogP contribution in [0.2, 0.25) is 0 Å². The van der Waals surface area contributed by atoms with Gasteiger partial charge in [0.25, 0.3) is 5.91 Å². The smallest absolute Gasteiger partial charge is 0.262 e. The minimum absolute atomic E-state index is 0.0281. The highest BCUT2D eigenvalue weighted by molar-refractivity contribution is 5.95. The van der Waals surface area contributed by atoms with E-state index < -0.39 is 0 Å². The molecular formula is C14H19N3O2. The summed E-state index contributed by atoms with van der Waals surface area (Å²) in [6.07, 6.45) is 2.23. The second-order valence-electron chi connectivity index (χ2n) is 5.70. The quantitative estimate of drug-likeness (QED) is 0.846. The molecule has 1 amide bonds. The Bertz CT molecular complexity index is 511. The minimum Gasteiger partial charge on any atom is -0.482 e. The molecular weight excluding hydrogens is 242 g/mol. The van der Waals surface area contributed by atoms with Crippen molar-refractivity contribution < 1.29 is 9.53 Å². The number of nitrogens with two attached hydrogens (primary N) is 1. The SMILES string of the molecule is CN(Cc1ccc2c(c1)NC(=O)CO2)CC1(N)CC1. The number of amides is 1. The summed E-state index contributed by atoms with van der Waals surface area (Å²) in [5.74, 6) is 0.639. The van der Waals surface area contributed by atoms with Gasteiger partial charge in [-0.3, -0.25) is 4.79 Å². The number of carbonyl (C=O) groups is 1. The molecule has 1 fully saturated rings. The van der Waals surface area contributed by atoms with Crippen molar-refractivity contribution in [2.24, 2.45) is 5.73 Å². The summed E-state index contributed by atoms with van der Waals surface area (Å²) in [4.78, 5) is 13.5. The summed E-state index contributed by atoms with van der Waals surface area (Å²) >= 11 is 0. The maximum absolute atomic E-state index is 11.3. The van der Waals surface area contributed by atoms with Crippen molar-refractivity contribution >= 4 is 11.6 Å². The van der Waals surface area contributed by atoms with E-state index in [1.165, 1.54) is 0 Å². The van der Waals surface area contributed by atoms with Gasteiger partial charge in [-0.25, -0.2) is 0 Å². The van der Waals surface area contributed by atoms with Gasteiger partial charge in [0.05, 0.1) is 5.69 Å². The number of anilines is 1. The first-order valence-corrected chi connectivity index (χ1v) is 6.57. The van der Waals surface area contributed by atoms with E-state index in [9.17, 15) is 4.79 Å². The van der Waals surface area contributed by atoms with E-state index in [2.05, 4.69) is 17.3 Å². The lowest BCUT2D eigenvalue weighted by atomic mass is 10.1. The first-order chi connectivity index (χ1) is 9.04. The van der Waals surface area contributed by atoms with E-state index in [4.69, 9.17) is 10.5 Å². The van der Waals surface area contributed by atoms with Crippen LogP contribution in [0, 0.1) is 0 Å². The molecule has 0 aromatic heterocycles. The molecule has 0 saturated heterocycles. The number of nitrogens with one attached hydrogen (secondary N) is 1. The fraction of sp³-hybridized carbons (Fsp3) is 0.500. The number of hydrogen-bond acceptors (Lipinski definition) is 4. The summed E-state index contributed by atoms with van der Waals surface area (Å²) in [5, 5.41) is 2.83. The first kappa shape index (κ1) is 12.4. The Labute approximate surface area is 112 Å². The van der Waals surface area contributed by atoms with Gasteiger partial charge >= 0.3 is 0 Å². The Morgan fingerprint density at radius 2 is 2.26 bits per heavy atom. The molecule has 102 valence electrons. The van der Waals surface area contributed by atoms with E-state index in [1.54, 1.807) is 0 Å². The summed E-state index contributed by atoms with van der Waals surface area (Å²) in [5.41, 5.74) is 8.05. The Hall–Kier alpha value is -1.59. The second kappa shape index (κ2) is 4.51. The molecule has 0 unspecified atom stereocenters. The third-order valence-electron chi connectivity index (χ3n) is 3.61. The van der Waals surface area contributed by atoms with Gasteiger partial charge in [-0.1, -0.05) is 6.07 Å². The van der Waals surface area contributed by atoms with E-state index in [0.29, 0.717) is 0 Å². The predicted molar refractivity (Wildman–Crippen MR) is 73.1 cm³/mol. The fourth-order valence-electron chi connectivity index (χ4n) is 2.45. The van der Waals surface area contributed by atoms with E-state index in [-0.39, 0.29) is 18.1 Å². The van der Waals surface area contributed by atoms with Gasteiger partial charge in [0.15, 0.2) is 6.61 Å².